The zero-order valence-electron chi connectivity index (χ0n) is 10.5. The van der Waals surface area contributed by atoms with Crippen LogP contribution in [0.4, 0.5) is 4.39 Å². The minimum absolute atomic E-state index is 0.260. The molecule has 0 aliphatic rings. The first kappa shape index (κ1) is 14.3. The van der Waals surface area contributed by atoms with Gasteiger partial charge in [-0.25, -0.2) is 4.39 Å². The molecular formula is C15H14Cl2FN. The van der Waals surface area contributed by atoms with Crippen LogP contribution in [0.5, 0.6) is 0 Å². The van der Waals surface area contributed by atoms with Crippen molar-refractivity contribution in [1.29, 1.82) is 0 Å². The third-order valence-corrected chi connectivity index (χ3v) is 3.47. The first-order valence-corrected chi connectivity index (χ1v) is 6.81. The summed E-state index contributed by atoms with van der Waals surface area (Å²) >= 11 is 12.2. The molecule has 2 aromatic rings. The predicted octanol–water partition coefficient (Wildman–Crippen LogP) is 4.83. The van der Waals surface area contributed by atoms with E-state index in [1.165, 1.54) is 6.07 Å². The Bertz CT molecular complexity index is 572. The van der Waals surface area contributed by atoms with Crippen LogP contribution >= 0.6 is 23.2 Å². The Hall–Kier alpha value is -1.09. The molecule has 0 amide bonds. The molecule has 0 bridgehead atoms. The maximum absolute atomic E-state index is 14.0. The van der Waals surface area contributed by atoms with Gasteiger partial charge in [0, 0.05) is 15.6 Å². The second-order valence-electron chi connectivity index (χ2n) is 4.18. The van der Waals surface area contributed by atoms with E-state index in [9.17, 15) is 4.39 Å². The molecule has 0 aliphatic carbocycles. The lowest BCUT2D eigenvalue weighted by molar-refractivity contribution is 0.559. The fourth-order valence-electron chi connectivity index (χ4n) is 2.04. The lowest BCUT2D eigenvalue weighted by Crippen LogP contribution is -2.23. The van der Waals surface area contributed by atoms with Gasteiger partial charge in [-0.05, 0) is 36.4 Å². The molecule has 19 heavy (non-hydrogen) atoms. The van der Waals surface area contributed by atoms with E-state index in [0.717, 1.165) is 5.56 Å². The Morgan fingerprint density at radius 1 is 1.11 bits per heavy atom. The molecule has 1 unspecified atom stereocenters. The number of hydrogen-bond acceptors (Lipinski definition) is 1. The van der Waals surface area contributed by atoms with Crippen LogP contribution in [-0.4, -0.2) is 6.54 Å². The van der Waals surface area contributed by atoms with Crippen LogP contribution in [0.2, 0.25) is 10.0 Å². The van der Waals surface area contributed by atoms with Crippen molar-refractivity contribution in [3.05, 3.63) is 69.5 Å². The molecule has 2 rings (SSSR count). The monoisotopic (exact) mass is 297 g/mol. The quantitative estimate of drug-likeness (QED) is 0.852. The topological polar surface area (TPSA) is 12.0 Å². The van der Waals surface area contributed by atoms with Gasteiger partial charge in [0.2, 0.25) is 0 Å². The Morgan fingerprint density at radius 3 is 2.53 bits per heavy atom. The zero-order valence-corrected chi connectivity index (χ0v) is 12.0. The van der Waals surface area contributed by atoms with Crippen LogP contribution in [0, 0.1) is 5.82 Å². The molecule has 100 valence electrons. The van der Waals surface area contributed by atoms with Crippen molar-refractivity contribution >= 4 is 23.2 Å². The number of benzene rings is 2. The SMILES string of the molecule is CCNC(c1ccccc1F)c1cc(Cl)ccc1Cl. The van der Waals surface area contributed by atoms with Gasteiger partial charge in [0.15, 0.2) is 0 Å². The first-order valence-electron chi connectivity index (χ1n) is 6.06. The normalized spacial score (nSPS) is 12.4. The van der Waals surface area contributed by atoms with Crippen LogP contribution in [-0.2, 0) is 0 Å². The van der Waals surface area contributed by atoms with Gasteiger partial charge in [-0.1, -0.05) is 48.3 Å². The van der Waals surface area contributed by atoms with E-state index >= 15 is 0 Å². The second kappa shape index (κ2) is 6.38. The Morgan fingerprint density at radius 2 is 1.84 bits per heavy atom. The largest absolute Gasteiger partial charge is 0.306 e. The van der Waals surface area contributed by atoms with Crippen molar-refractivity contribution in [3.63, 3.8) is 0 Å². The lowest BCUT2D eigenvalue weighted by Gasteiger charge is -2.21. The fraction of sp³-hybridized carbons (Fsp3) is 0.200. The minimum atomic E-state index is -0.308. The summed E-state index contributed by atoms with van der Waals surface area (Å²) in [6, 6.07) is 11.6. The van der Waals surface area contributed by atoms with Crippen LogP contribution in [0.1, 0.15) is 24.1 Å². The van der Waals surface area contributed by atoms with E-state index in [2.05, 4.69) is 5.32 Å². The molecule has 0 radical (unpaired) electrons. The predicted molar refractivity (Wildman–Crippen MR) is 78.4 cm³/mol. The minimum Gasteiger partial charge on any atom is -0.306 e. The molecule has 0 spiro atoms. The zero-order chi connectivity index (χ0) is 13.8. The third-order valence-electron chi connectivity index (χ3n) is 2.89. The first-order chi connectivity index (χ1) is 9.13. The Kier molecular flexibility index (Phi) is 4.81. The van der Waals surface area contributed by atoms with Crippen molar-refractivity contribution in [2.75, 3.05) is 6.54 Å². The van der Waals surface area contributed by atoms with Crippen molar-refractivity contribution in [2.45, 2.75) is 13.0 Å². The van der Waals surface area contributed by atoms with Gasteiger partial charge in [-0.3, -0.25) is 0 Å². The summed E-state index contributed by atoms with van der Waals surface area (Å²) in [7, 11) is 0. The maximum Gasteiger partial charge on any atom is 0.128 e. The van der Waals surface area contributed by atoms with Crippen LogP contribution in [0.3, 0.4) is 0 Å². The smallest absolute Gasteiger partial charge is 0.128 e. The van der Waals surface area contributed by atoms with E-state index in [1.807, 2.05) is 6.92 Å². The van der Waals surface area contributed by atoms with Crippen molar-refractivity contribution < 1.29 is 4.39 Å². The number of hydrogen-bond donors (Lipinski definition) is 1. The highest BCUT2D eigenvalue weighted by molar-refractivity contribution is 6.33. The molecule has 1 nitrogen and oxygen atoms in total. The summed E-state index contributed by atoms with van der Waals surface area (Å²) < 4.78 is 14.0. The highest BCUT2D eigenvalue weighted by atomic mass is 35.5. The van der Waals surface area contributed by atoms with Gasteiger partial charge in [-0.15, -0.1) is 0 Å². The van der Waals surface area contributed by atoms with E-state index in [1.54, 1.807) is 36.4 Å². The van der Waals surface area contributed by atoms with Gasteiger partial charge in [-0.2, -0.15) is 0 Å². The Balaban J connectivity index is 2.51. The van der Waals surface area contributed by atoms with Gasteiger partial charge in [0.25, 0.3) is 0 Å². The Labute approximate surface area is 122 Å². The summed E-state index contributed by atoms with van der Waals surface area (Å²) in [4.78, 5) is 0. The summed E-state index contributed by atoms with van der Waals surface area (Å²) in [5, 5.41) is 4.39. The van der Waals surface area contributed by atoms with Gasteiger partial charge in [0.1, 0.15) is 5.82 Å². The summed E-state index contributed by atoms with van der Waals surface area (Å²) in [6.45, 7) is 2.66. The molecule has 0 saturated carbocycles. The second-order valence-corrected chi connectivity index (χ2v) is 5.02. The number of nitrogens with one attached hydrogen (secondary N) is 1. The van der Waals surface area contributed by atoms with E-state index in [0.29, 0.717) is 22.2 Å². The van der Waals surface area contributed by atoms with Crippen molar-refractivity contribution in [1.82, 2.24) is 5.32 Å². The average molecular weight is 298 g/mol. The molecule has 0 aliphatic heterocycles. The average Bonchev–Trinajstić information content (AvgIpc) is 2.40. The standard InChI is InChI=1S/C15H14Cl2FN/c1-2-19-15(11-5-3-4-6-14(11)18)12-9-10(16)7-8-13(12)17/h3-9,15,19H,2H2,1H3. The molecule has 0 saturated heterocycles. The van der Waals surface area contributed by atoms with Crippen molar-refractivity contribution in [3.8, 4) is 0 Å². The summed E-state index contributed by atoms with van der Waals surface area (Å²) in [5.41, 5.74) is 1.34. The van der Waals surface area contributed by atoms with Gasteiger partial charge >= 0.3 is 0 Å². The molecular weight excluding hydrogens is 284 g/mol. The van der Waals surface area contributed by atoms with Crippen LogP contribution < -0.4 is 5.32 Å². The number of halogens is 3. The van der Waals surface area contributed by atoms with E-state index in [-0.39, 0.29) is 11.9 Å². The molecule has 1 N–H and O–H groups in total. The highest BCUT2D eigenvalue weighted by Crippen LogP contribution is 2.31. The summed E-state index contributed by atoms with van der Waals surface area (Å²) in [5.74, 6) is -0.260. The molecule has 4 heteroatoms. The van der Waals surface area contributed by atoms with E-state index in [4.69, 9.17) is 23.2 Å². The van der Waals surface area contributed by atoms with Gasteiger partial charge in [0.05, 0.1) is 6.04 Å². The highest BCUT2D eigenvalue weighted by Gasteiger charge is 2.19. The molecule has 0 fully saturated rings. The van der Waals surface area contributed by atoms with E-state index < -0.39 is 0 Å². The van der Waals surface area contributed by atoms with Crippen LogP contribution in [0.25, 0.3) is 0 Å². The molecule has 1 atom stereocenters. The fourth-order valence-corrected chi connectivity index (χ4v) is 2.44. The van der Waals surface area contributed by atoms with Crippen molar-refractivity contribution in [2.24, 2.45) is 0 Å². The summed E-state index contributed by atoms with van der Waals surface area (Å²) in [6.07, 6.45) is 0. The lowest BCUT2D eigenvalue weighted by atomic mass is 9.98. The molecule has 0 aromatic heterocycles. The third kappa shape index (κ3) is 3.27. The van der Waals surface area contributed by atoms with Crippen LogP contribution in [0.15, 0.2) is 42.5 Å². The van der Waals surface area contributed by atoms with Gasteiger partial charge < -0.3 is 5.32 Å². The number of rotatable bonds is 4. The maximum atomic E-state index is 14.0. The molecule has 2 aromatic carbocycles. The molecule has 0 heterocycles.